The number of rotatable bonds is 2. The second-order valence-corrected chi connectivity index (χ2v) is 3.92. The molecule has 0 aromatic rings. The first-order valence-electron chi connectivity index (χ1n) is 3.98. The van der Waals surface area contributed by atoms with Crippen molar-refractivity contribution in [2.45, 2.75) is 45.4 Å². The molecular formula is C8H18N2O2. The molecule has 4 heteroatoms. The van der Waals surface area contributed by atoms with Crippen molar-refractivity contribution < 1.29 is 9.53 Å². The van der Waals surface area contributed by atoms with Crippen LogP contribution in [0.5, 0.6) is 0 Å². The Morgan fingerprint density at radius 3 is 2.00 bits per heavy atom. The first-order chi connectivity index (χ1) is 5.24. The summed E-state index contributed by atoms with van der Waals surface area (Å²) in [5.41, 5.74) is 10.4. The molecule has 0 fully saturated rings. The van der Waals surface area contributed by atoms with Gasteiger partial charge in [0.15, 0.2) is 0 Å². The maximum Gasteiger partial charge on any atom is 0.325 e. The van der Waals surface area contributed by atoms with Gasteiger partial charge in [-0.3, -0.25) is 4.79 Å². The van der Waals surface area contributed by atoms with E-state index in [1.165, 1.54) is 0 Å². The van der Waals surface area contributed by atoms with Gasteiger partial charge in [0.2, 0.25) is 0 Å². The first kappa shape index (κ1) is 11.4. The van der Waals surface area contributed by atoms with Crippen molar-refractivity contribution in [3.63, 3.8) is 0 Å². The van der Waals surface area contributed by atoms with Crippen molar-refractivity contribution in [3.8, 4) is 0 Å². The summed E-state index contributed by atoms with van der Waals surface area (Å²) in [6, 6.07) is -1.11. The van der Waals surface area contributed by atoms with Crippen molar-refractivity contribution >= 4 is 5.97 Å². The first-order valence-corrected chi connectivity index (χ1v) is 3.98. The van der Waals surface area contributed by atoms with Gasteiger partial charge in [-0.1, -0.05) is 0 Å². The fraction of sp³-hybridized carbons (Fsp3) is 0.875. The van der Waals surface area contributed by atoms with E-state index >= 15 is 0 Å². The van der Waals surface area contributed by atoms with Gasteiger partial charge in [0.25, 0.3) is 0 Å². The molecule has 4 N–H and O–H groups in total. The third-order valence-electron chi connectivity index (χ3n) is 1.25. The monoisotopic (exact) mass is 174 g/mol. The topological polar surface area (TPSA) is 78.3 Å². The number of hydrogen-bond donors (Lipinski definition) is 2. The van der Waals surface area contributed by atoms with Crippen molar-refractivity contribution in [1.82, 2.24) is 0 Å². The third-order valence-corrected chi connectivity index (χ3v) is 1.25. The second-order valence-electron chi connectivity index (χ2n) is 3.92. The van der Waals surface area contributed by atoms with E-state index in [0.29, 0.717) is 0 Å². The van der Waals surface area contributed by atoms with Crippen LogP contribution in [0, 0.1) is 0 Å². The average molecular weight is 174 g/mol. The zero-order chi connectivity index (χ0) is 9.94. The molecule has 0 aromatic carbocycles. The largest absolute Gasteiger partial charge is 0.459 e. The molecule has 0 aliphatic rings. The third kappa shape index (κ3) is 4.31. The minimum absolute atomic E-state index is 0.375. The van der Waals surface area contributed by atoms with Crippen molar-refractivity contribution in [2.24, 2.45) is 11.5 Å². The summed E-state index contributed by atoms with van der Waals surface area (Å²) in [6.45, 7) is 7.05. The van der Waals surface area contributed by atoms with Gasteiger partial charge in [-0.2, -0.15) is 0 Å². The molecule has 0 radical (unpaired) electrons. The van der Waals surface area contributed by atoms with Crippen molar-refractivity contribution in [3.05, 3.63) is 0 Å². The number of ether oxygens (including phenoxy) is 1. The highest BCUT2D eigenvalue weighted by atomic mass is 16.6. The highest BCUT2D eigenvalue weighted by Crippen LogP contribution is 2.08. The lowest BCUT2D eigenvalue weighted by molar-refractivity contribution is -0.156. The Kier molecular flexibility index (Phi) is 3.67. The van der Waals surface area contributed by atoms with Crippen LogP contribution >= 0.6 is 0 Å². The van der Waals surface area contributed by atoms with E-state index in [2.05, 4.69) is 0 Å². The maximum atomic E-state index is 11.2. The summed E-state index contributed by atoms with van der Waals surface area (Å²) in [4.78, 5) is 11.2. The number of esters is 1. The van der Waals surface area contributed by atoms with E-state index in [0.717, 1.165) is 0 Å². The fourth-order valence-electron chi connectivity index (χ4n) is 0.584. The molecule has 0 amide bonds. The number of nitrogens with two attached hydrogens (primary N) is 2. The van der Waals surface area contributed by atoms with Crippen LogP contribution in [0.4, 0.5) is 0 Å². The Hall–Kier alpha value is -0.610. The van der Waals surface area contributed by atoms with Gasteiger partial charge in [0, 0.05) is 6.04 Å². The maximum absolute atomic E-state index is 11.2. The smallest absolute Gasteiger partial charge is 0.325 e. The fourth-order valence-corrected chi connectivity index (χ4v) is 0.584. The molecule has 0 saturated carbocycles. The minimum atomic E-state index is -0.732. The average Bonchev–Trinajstić information content (AvgIpc) is 1.82. The van der Waals surface area contributed by atoms with Crippen LogP contribution in [-0.2, 0) is 9.53 Å². The number of carbonyl (C=O) groups is 1. The molecule has 2 atom stereocenters. The molecule has 72 valence electrons. The molecule has 0 aliphatic heterocycles. The zero-order valence-electron chi connectivity index (χ0n) is 8.13. The number of hydrogen-bond acceptors (Lipinski definition) is 4. The van der Waals surface area contributed by atoms with Crippen LogP contribution in [-0.4, -0.2) is 23.7 Å². The van der Waals surface area contributed by atoms with Crippen LogP contribution in [0.2, 0.25) is 0 Å². The van der Waals surface area contributed by atoms with E-state index < -0.39 is 17.6 Å². The predicted octanol–water partition coefficient (Wildman–Crippen LogP) is 0.00260. The summed E-state index contributed by atoms with van der Waals surface area (Å²) < 4.78 is 5.02. The molecule has 4 nitrogen and oxygen atoms in total. The Morgan fingerprint density at radius 2 is 1.75 bits per heavy atom. The standard InChI is InChI=1S/C8H18N2O2/c1-5(9)6(10)7(11)12-8(2,3)4/h5-6H,9-10H2,1-4H3/t5-,6-/m1/s1. The Morgan fingerprint density at radius 1 is 1.33 bits per heavy atom. The van der Waals surface area contributed by atoms with Gasteiger partial charge in [-0.25, -0.2) is 0 Å². The normalized spacial score (nSPS) is 16.8. The van der Waals surface area contributed by atoms with Gasteiger partial charge in [0.1, 0.15) is 11.6 Å². The Balaban J connectivity index is 4.05. The summed E-state index contributed by atoms with van der Waals surface area (Å²) >= 11 is 0. The molecule has 0 aromatic heterocycles. The summed E-state index contributed by atoms with van der Waals surface area (Å²) in [5.74, 6) is -0.447. The van der Waals surface area contributed by atoms with Gasteiger partial charge in [-0.15, -0.1) is 0 Å². The van der Waals surface area contributed by atoms with E-state index in [1.54, 1.807) is 27.7 Å². The van der Waals surface area contributed by atoms with Crippen LogP contribution in [0.3, 0.4) is 0 Å². The van der Waals surface area contributed by atoms with Gasteiger partial charge < -0.3 is 16.2 Å². The van der Waals surface area contributed by atoms with E-state index in [-0.39, 0.29) is 6.04 Å². The van der Waals surface area contributed by atoms with Crippen LogP contribution in [0.25, 0.3) is 0 Å². The predicted molar refractivity (Wildman–Crippen MR) is 47.5 cm³/mol. The van der Waals surface area contributed by atoms with Gasteiger partial charge >= 0.3 is 5.97 Å². The van der Waals surface area contributed by atoms with Crippen LogP contribution in [0.1, 0.15) is 27.7 Å². The molecule has 0 rings (SSSR count). The molecule has 0 spiro atoms. The lowest BCUT2D eigenvalue weighted by Crippen LogP contribution is -2.48. The molecule has 0 saturated heterocycles. The molecule has 0 aliphatic carbocycles. The molecule has 12 heavy (non-hydrogen) atoms. The Labute approximate surface area is 73.2 Å². The molecule has 0 bridgehead atoms. The summed E-state index contributed by atoms with van der Waals surface area (Å²) in [6.07, 6.45) is 0. The van der Waals surface area contributed by atoms with Crippen LogP contribution < -0.4 is 11.5 Å². The molecule has 0 heterocycles. The van der Waals surface area contributed by atoms with E-state index in [1.807, 2.05) is 0 Å². The zero-order valence-corrected chi connectivity index (χ0v) is 8.13. The summed E-state index contributed by atoms with van der Waals surface area (Å²) in [5, 5.41) is 0. The van der Waals surface area contributed by atoms with Crippen LogP contribution in [0.15, 0.2) is 0 Å². The quantitative estimate of drug-likeness (QED) is 0.578. The highest BCUT2D eigenvalue weighted by Gasteiger charge is 2.24. The summed E-state index contributed by atoms with van der Waals surface area (Å²) in [7, 11) is 0. The van der Waals surface area contributed by atoms with Gasteiger partial charge in [0.05, 0.1) is 0 Å². The molecule has 0 unspecified atom stereocenters. The van der Waals surface area contributed by atoms with E-state index in [9.17, 15) is 4.79 Å². The highest BCUT2D eigenvalue weighted by molar-refractivity contribution is 5.76. The Bertz CT molecular complexity index is 161. The van der Waals surface area contributed by atoms with E-state index in [4.69, 9.17) is 16.2 Å². The molecular weight excluding hydrogens is 156 g/mol. The lowest BCUT2D eigenvalue weighted by Gasteiger charge is -2.23. The van der Waals surface area contributed by atoms with Gasteiger partial charge in [-0.05, 0) is 27.7 Å². The lowest BCUT2D eigenvalue weighted by atomic mass is 10.1. The second kappa shape index (κ2) is 3.87. The number of carbonyl (C=O) groups excluding carboxylic acids is 1. The SMILES string of the molecule is C[C@@H](N)[C@@H](N)C(=O)OC(C)(C)C. The van der Waals surface area contributed by atoms with Crippen molar-refractivity contribution in [1.29, 1.82) is 0 Å². The van der Waals surface area contributed by atoms with Crippen molar-refractivity contribution in [2.75, 3.05) is 0 Å². The minimum Gasteiger partial charge on any atom is -0.459 e.